The lowest BCUT2D eigenvalue weighted by atomic mass is 9.48. The third kappa shape index (κ3) is 2.73. The molecule has 23 heavy (non-hydrogen) atoms. The van der Waals surface area contributed by atoms with Crippen molar-refractivity contribution in [3.05, 3.63) is 29.9 Å². The van der Waals surface area contributed by atoms with Crippen LogP contribution in [0.4, 0.5) is 0 Å². The van der Waals surface area contributed by atoms with Crippen molar-refractivity contribution in [2.75, 3.05) is 0 Å². The Bertz CT molecular complexity index is 608. The van der Waals surface area contributed by atoms with E-state index in [1.807, 2.05) is 23.9 Å². The van der Waals surface area contributed by atoms with Crippen molar-refractivity contribution in [3.8, 4) is 0 Å². The highest BCUT2D eigenvalue weighted by Crippen LogP contribution is 2.62. The second-order valence-corrected chi connectivity index (χ2v) is 8.20. The summed E-state index contributed by atoms with van der Waals surface area (Å²) >= 11 is 0. The molecule has 0 atom stereocenters. The minimum atomic E-state index is 0.0289. The Labute approximate surface area is 138 Å². The smallest absolute Gasteiger partial charge is 0.244 e. The summed E-state index contributed by atoms with van der Waals surface area (Å²) in [6, 6.07) is 0. The van der Waals surface area contributed by atoms with Crippen LogP contribution in [0.3, 0.4) is 0 Å². The molecule has 1 heterocycles. The number of allylic oxidation sites excluding steroid dienone is 1. The summed E-state index contributed by atoms with van der Waals surface area (Å²) in [6.45, 7) is 2.68. The Morgan fingerprint density at radius 3 is 2.43 bits per heavy atom. The molecule has 4 nitrogen and oxygen atoms in total. The second-order valence-electron chi connectivity index (χ2n) is 8.20. The van der Waals surface area contributed by atoms with Crippen molar-refractivity contribution in [2.24, 2.45) is 30.2 Å². The van der Waals surface area contributed by atoms with E-state index in [0.29, 0.717) is 12.0 Å². The largest absolute Gasteiger partial charge is 0.345 e. The Morgan fingerprint density at radius 1 is 1.30 bits per heavy atom. The van der Waals surface area contributed by atoms with Crippen LogP contribution in [-0.2, 0) is 18.4 Å². The van der Waals surface area contributed by atoms with Gasteiger partial charge in [-0.15, -0.1) is 0 Å². The minimum absolute atomic E-state index is 0.0289. The van der Waals surface area contributed by atoms with Crippen LogP contribution < -0.4 is 5.32 Å². The van der Waals surface area contributed by atoms with Crippen molar-refractivity contribution in [1.82, 2.24) is 14.9 Å². The third-order valence-corrected chi connectivity index (χ3v) is 6.56. The zero-order valence-electron chi connectivity index (χ0n) is 14.2. The molecule has 4 saturated carbocycles. The highest BCUT2D eigenvalue weighted by Gasteiger charge is 2.51. The summed E-state index contributed by atoms with van der Waals surface area (Å²) in [6.07, 6.45) is 13.8. The van der Waals surface area contributed by atoms with Gasteiger partial charge < -0.3 is 9.88 Å². The molecule has 124 valence electrons. The summed E-state index contributed by atoms with van der Waals surface area (Å²) in [5.41, 5.74) is 1.64. The van der Waals surface area contributed by atoms with Gasteiger partial charge in [0.1, 0.15) is 5.82 Å². The number of rotatable bonds is 4. The van der Waals surface area contributed by atoms with E-state index in [1.54, 1.807) is 6.20 Å². The predicted molar refractivity (Wildman–Crippen MR) is 89.4 cm³/mol. The third-order valence-electron chi connectivity index (χ3n) is 6.56. The van der Waals surface area contributed by atoms with Crippen LogP contribution in [-0.4, -0.2) is 15.5 Å². The van der Waals surface area contributed by atoms with Crippen LogP contribution in [0, 0.1) is 23.2 Å². The molecule has 4 fully saturated rings. The standard InChI is InChI=1S/C19H27N3O/c1-13(5-18(23)21-12-17-20-3-4-22(17)2)19-9-14-6-15(10-19)8-16(7-14)11-19/h3-5,14-16H,6-12H2,1-2H3,(H,21,23). The van der Waals surface area contributed by atoms with E-state index < -0.39 is 0 Å². The number of carbonyl (C=O) groups is 1. The fourth-order valence-corrected chi connectivity index (χ4v) is 5.73. The molecule has 1 amide bonds. The van der Waals surface area contributed by atoms with Crippen LogP contribution in [0.15, 0.2) is 24.0 Å². The van der Waals surface area contributed by atoms with E-state index in [9.17, 15) is 4.79 Å². The molecule has 0 aromatic carbocycles. The van der Waals surface area contributed by atoms with E-state index in [1.165, 1.54) is 44.1 Å². The number of nitrogens with zero attached hydrogens (tertiary/aromatic N) is 2. The molecule has 0 radical (unpaired) electrons. The van der Waals surface area contributed by atoms with Gasteiger partial charge in [-0.3, -0.25) is 4.79 Å². The molecular weight excluding hydrogens is 286 g/mol. The van der Waals surface area contributed by atoms with Gasteiger partial charge in [0.15, 0.2) is 0 Å². The fourth-order valence-electron chi connectivity index (χ4n) is 5.73. The minimum Gasteiger partial charge on any atom is -0.345 e. The number of hydrogen-bond acceptors (Lipinski definition) is 2. The van der Waals surface area contributed by atoms with Gasteiger partial charge in [0, 0.05) is 25.5 Å². The lowest BCUT2D eigenvalue weighted by molar-refractivity contribution is -0.117. The average Bonchev–Trinajstić information content (AvgIpc) is 2.89. The zero-order valence-corrected chi connectivity index (χ0v) is 14.2. The Balaban J connectivity index is 1.43. The molecule has 0 spiro atoms. The van der Waals surface area contributed by atoms with Gasteiger partial charge in [-0.2, -0.15) is 0 Å². The molecule has 5 rings (SSSR count). The summed E-state index contributed by atoms with van der Waals surface area (Å²) in [5.74, 6) is 3.67. The van der Waals surface area contributed by atoms with Crippen LogP contribution in [0.5, 0.6) is 0 Å². The van der Waals surface area contributed by atoms with Crippen LogP contribution in [0.2, 0.25) is 0 Å². The molecule has 1 N–H and O–H groups in total. The topological polar surface area (TPSA) is 46.9 Å². The van der Waals surface area contributed by atoms with Crippen molar-refractivity contribution in [1.29, 1.82) is 0 Å². The van der Waals surface area contributed by atoms with Crippen molar-refractivity contribution in [2.45, 2.75) is 52.0 Å². The first kappa shape index (κ1) is 15.0. The molecule has 0 saturated heterocycles. The normalized spacial score (nSPS) is 35.6. The maximum atomic E-state index is 12.3. The van der Waals surface area contributed by atoms with E-state index >= 15 is 0 Å². The monoisotopic (exact) mass is 313 g/mol. The maximum absolute atomic E-state index is 12.3. The van der Waals surface area contributed by atoms with Crippen LogP contribution >= 0.6 is 0 Å². The first-order chi connectivity index (χ1) is 11.0. The Hall–Kier alpha value is -1.58. The van der Waals surface area contributed by atoms with Gasteiger partial charge in [-0.25, -0.2) is 4.98 Å². The summed E-state index contributed by atoms with van der Waals surface area (Å²) in [4.78, 5) is 16.6. The molecule has 4 bridgehead atoms. The van der Waals surface area contributed by atoms with Gasteiger partial charge in [-0.05, 0) is 68.6 Å². The van der Waals surface area contributed by atoms with Gasteiger partial charge in [0.25, 0.3) is 0 Å². The number of imidazole rings is 1. The SMILES string of the molecule is CC(=CC(=O)NCc1nccn1C)C12CC3CC(CC(C3)C1)C2. The summed E-state index contributed by atoms with van der Waals surface area (Å²) in [5, 5.41) is 2.99. The van der Waals surface area contributed by atoms with Gasteiger partial charge in [-0.1, -0.05) is 5.57 Å². The van der Waals surface area contributed by atoms with Crippen molar-refractivity contribution < 1.29 is 4.79 Å². The molecule has 4 aliphatic rings. The predicted octanol–water partition coefficient (Wildman–Crippen LogP) is 3.20. The van der Waals surface area contributed by atoms with Gasteiger partial charge in [0.2, 0.25) is 5.91 Å². The number of carbonyl (C=O) groups excluding carboxylic acids is 1. The molecule has 1 aromatic rings. The molecule has 1 aromatic heterocycles. The van der Waals surface area contributed by atoms with Crippen molar-refractivity contribution in [3.63, 3.8) is 0 Å². The summed E-state index contributed by atoms with van der Waals surface area (Å²) < 4.78 is 1.94. The number of nitrogens with one attached hydrogen (secondary N) is 1. The zero-order chi connectivity index (χ0) is 16.0. The fraction of sp³-hybridized carbons (Fsp3) is 0.684. The average molecular weight is 313 g/mol. The maximum Gasteiger partial charge on any atom is 0.244 e. The highest BCUT2D eigenvalue weighted by molar-refractivity contribution is 5.88. The lowest BCUT2D eigenvalue weighted by Crippen LogP contribution is -2.46. The van der Waals surface area contributed by atoms with Gasteiger partial charge >= 0.3 is 0 Å². The van der Waals surface area contributed by atoms with Crippen molar-refractivity contribution >= 4 is 5.91 Å². The first-order valence-corrected chi connectivity index (χ1v) is 8.97. The number of aryl methyl sites for hydroxylation is 1. The molecule has 4 heteroatoms. The molecule has 4 aliphatic carbocycles. The van der Waals surface area contributed by atoms with Crippen LogP contribution in [0.1, 0.15) is 51.3 Å². The van der Waals surface area contributed by atoms with Crippen LogP contribution in [0.25, 0.3) is 0 Å². The van der Waals surface area contributed by atoms with E-state index in [-0.39, 0.29) is 5.91 Å². The Kier molecular flexibility index (Phi) is 3.58. The highest BCUT2D eigenvalue weighted by atomic mass is 16.1. The second kappa shape index (κ2) is 5.50. The van der Waals surface area contributed by atoms with E-state index in [2.05, 4.69) is 17.2 Å². The number of hydrogen-bond donors (Lipinski definition) is 1. The Morgan fingerprint density at radius 2 is 1.91 bits per heavy atom. The quantitative estimate of drug-likeness (QED) is 0.868. The van der Waals surface area contributed by atoms with E-state index in [4.69, 9.17) is 0 Å². The number of aromatic nitrogens is 2. The van der Waals surface area contributed by atoms with Gasteiger partial charge in [0.05, 0.1) is 6.54 Å². The van der Waals surface area contributed by atoms with E-state index in [0.717, 1.165) is 23.6 Å². The first-order valence-electron chi connectivity index (χ1n) is 8.97. The summed E-state index contributed by atoms with van der Waals surface area (Å²) in [7, 11) is 1.95. The molecular formula is C19H27N3O. The molecule has 0 unspecified atom stereocenters. The number of amides is 1. The molecule has 0 aliphatic heterocycles. The lowest BCUT2D eigenvalue weighted by Gasteiger charge is -2.57.